The van der Waals surface area contributed by atoms with Crippen molar-refractivity contribution in [3.8, 4) is 0 Å². The second-order valence-corrected chi connectivity index (χ2v) is 7.32. The Labute approximate surface area is 125 Å². The molecule has 0 aliphatic rings. The molecule has 1 N–H and O–H groups in total. The molecule has 0 heterocycles. The Hall–Kier alpha value is -1.02. The summed E-state index contributed by atoms with van der Waals surface area (Å²) in [5, 5.41) is 3.55. The highest BCUT2D eigenvalue weighted by atomic mass is 15.1. The Morgan fingerprint density at radius 1 is 1.20 bits per heavy atom. The van der Waals surface area contributed by atoms with Crippen LogP contribution in [0, 0.1) is 12.8 Å². The van der Waals surface area contributed by atoms with Crippen molar-refractivity contribution in [1.29, 1.82) is 0 Å². The molecule has 2 nitrogen and oxygen atoms in total. The Balaban J connectivity index is 2.67. The first-order chi connectivity index (χ1) is 9.19. The van der Waals surface area contributed by atoms with Crippen LogP contribution >= 0.6 is 0 Å². The molecule has 0 aliphatic carbocycles. The van der Waals surface area contributed by atoms with E-state index in [4.69, 9.17) is 0 Å². The van der Waals surface area contributed by atoms with Crippen LogP contribution < -0.4 is 10.2 Å². The highest BCUT2D eigenvalue weighted by Gasteiger charge is 2.10. The van der Waals surface area contributed by atoms with E-state index in [2.05, 4.69) is 77.0 Å². The first-order valence-corrected chi connectivity index (χ1v) is 7.75. The van der Waals surface area contributed by atoms with Crippen LogP contribution in [-0.2, 0) is 6.54 Å². The van der Waals surface area contributed by atoms with E-state index in [-0.39, 0.29) is 5.54 Å². The molecule has 0 bridgehead atoms. The Bertz CT molecular complexity index is 416. The molecule has 2 heteroatoms. The maximum absolute atomic E-state index is 3.55. The lowest BCUT2D eigenvalue weighted by Gasteiger charge is -2.23. The molecular formula is C18H32N2. The number of aryl methyl sites for hydroxylation is 1. The molecule has 1 aromatic carbocycles. The van der Waals surface area contributed by atoms with Crippen molar-refractivity contribution in [3.63, 3.8) is 0 Å². The molecule has 0 unspecified atom stereocenters. The van der Waals surface area contributed by atoms with E-state index in [0.717, 1.165) is 19.0 Å². The van der Waals surface area contributed by atoms with Crippen LogP contribution in [0.4, 0.5) is 5.69 Å². The van der Waals surface area contributed by atoms with E-state index in [0.29, 0.717) is 0 Å². The molecule has 0 atom stereocenters. The van der Waals surface area contributed by atoms with Crippen LogP contribution in [0.5, 0.6) is 0 Å². The van der Waals surface area contributed by atoms with E-state index in [1.807, 2.05) is 0 Å². The summed E-state index contributed by atoms with van der Waals surface area (Å²) in [4.78, 5) is 2.36. The number of rotatable bonds is 6. The molecule has 1 rings (SSSR count). The highest BCUT2D eigenvalue weighted by molar-refractivity contribution is 5.50. The molecular weight excluding hydrogens is 244 g/mol. The summed E-state index contributed by atoms with van der Waals surface area (Å²) in [6.45, 7) is 15.4. The third-order valence-corrected chi connectivity index (χ3v) is 3.62. The van der Waals surface area contributed by atoms with Crippen molar-refractivity contribution >= 4 is 5.69 Å². The van der Waals surface area contributed by atoms with Crippen molar-refractivity contribution in [1.82, 2.24) is 5.32 Å². The number of benzene rings is 1. The van der Waals surface area contributed by atoms with Gasteiger partial charge in [-0.1, -0.05) is 19.9 Å². The van der Waals surface area contributed by atoms with E-state index < -0.39 is 0 Å². The fraction of sp³-hybridized carbons (Fsp3) is 0.667. The molecule has 0 spiro atoms. The molecule has 0 fully saturated rings. The standard InChI is InChI=1S/C18H32N2/c1-14(2)10-11-20(7)17-9-8-16(15(3)12-17)13-19-18(4,5)6/h8-9,12,14,19H,10-11,13H2,1-7H3. The predicted molar refractivity (Wildman–Crippen MR) is 90.5 cm³/mol. The smallest absolute Gasteiger partial charge is 0.0366 e. The van der Waals surface area contributed by atoms with Gasteiger partial charge in [0.1, 0.15) is 0 Å². The zero-order chi connectivity index (χ0) is 15.3. The monoisotopic (exact) mass is 276 g/mol. The zero-order valence-electron chi connectivity index (χ0n) is 14.4. The molecule has 114 valence electrons. The van der Waals surface area contributed by atoms with E-state index in [1.54, 1.807) is 0 Å². The number of nitrogens with zero attached hydrogens (tertiary/aromatic N) is 1. The lowest BCUT2D eigenvalue weighted by atomic mass is 10.0. The summed E-state index contributed by atoms with van der Waals surface area (Å²) in [5.41, 5.74) is 4.25. The van der Waals surface area contributed by atoms with Crippen LogP contribution in [-0.4, -0.2) is 19.1 Å². The molecule has 0 aliphatic heterocycles. The largest absolute Gasteiger partial charge is 0.375 e. The maximum Gasteiger partial charge on any atom is 0.0366 e. The summed E-state index contributed by atoms with van der Waals surface area (Å²) in [5.74, 6) is 0.758. The van der Waals surface area contributed by atoms with Gasteiger partial charge < -0.3 is 10.2 Å². The fourth-order valence-electron chi connectivity index (χ4n) is 2.06. The van der Waals surface area contributed by atoms with Gasteiger partial charge in [-0.05, 0) is 63.3 Å². The lowest BCUT2D eigenvalue weighted by molar-refractivity contribution is 0.424. The quantitative estimate of drug-likeness (QED) is 0.830. The number of anilines is 1. The van der Waals surface area contributed by atoms with E-state index >= 15 is 0 Å². The maximum atomic E-state index is 3.55. The highest BCUT2D eigenvalue weighted by Crippen LogP contribution is 2.19. The minimum atomic E-state index is 0.166. The van der Waals surface area contributed by atoms with Crippen molar-refractivity contribution in [3.05, 3.63) is 29.3 Å². The van der Waals surface area contributed by atoms with Gasteiger partial charge in [0, 0.05) is 31.4 Å². The van der Waals surface area contributed by atoms with Crippen molar-refractivity contribution in [2.75, 3.05) is 18.5 Å². The number of hydrogen-bond donors (Lipinski definition) is 1. The molecule has 0 radical (unpaired) electrons. The second-order valence-electron chi connectivity index (χ2n) is 7.32. The number of hydrogen-bond acceptors (Lipinski definition) is 2. The normalized spacial score (nSPS) is 12.0. The van der Waals surface area contributed by atoms with Gasteiger partial charge in [0.15, 0.2) is 0 Å². The van der Waals surface area contributed by atoms with Crippen LogP contribution in [0.2, 0.25) is 0 Å². The second kappa shape index (κ2) is 7.12. The lowest BCUT2D eigenvalue weighted by Crippen LogP contribution is -2.35. The van der Waals surface area contributed by atoms with Gasteiger partial charge in [0.2, 0.25) is 0 Å². The minimum absolute atomic E-state index is 0.166. The summed E-state index contributed by atoms with van der Waals surface area (Å²) in [6.07, 6.45) is 1.24. The average molecular weight is 276 g/mol. The van der Waals surface area contributed by atoms with Crippen LogP contribution in [0.3, 0.4) is 0 Å². The summed E-state index contributed by atoms with van der Waals surface area (Å²) >= 11 is 0. The zero-order valence-corrected chi connectivity index (χ0v) is 14.4. The molecule has 20 heavy (non-hydrogen) atoms. The fourth-order valence-corrected chi connectivity index (χ4v) is 2.06. The molecule has 0 amide bonds. The van der Waals surface area contributed by atoms with Gasteiger partial charge in [-0.2, -0.15) is 0 Å². The third-order valence-electron chi connectivity index (χ3n) is 3.62. The summed E-state index contributed by atoms with van der Waals surface area (Å²) < 4.78 is 0. The van der Waals surface area contributed by atoms with E-state index in [9.17, 15) is 0 Å². The van der Waals surface area contributed by atoms with Gasteiger partial charge in [-0.3, -0.25) is 0 Å². The Morgan fingerprint density at radius 3 is 2.35 bits per heavy atom. The van der Waals surface area contributed by atoms with Crippen molar-refractivity contribution in [2.45, 2.75) is 60.0 Å². The van der Waals surface area contributed by atoms with Gasteiger partial charge in [-0.15, -0.1) is 0 Å². The Morgan fingerprint density at radius 2 is 1.85 bits per heavy atom. The topological polar surface area (TPSA) is 15.3 Å². The first kappa shape index (κ1) is 17.0. The van der Waals surface area contributed by atoms with Crippen molar-refractivity contribution < 1.29 is 0 Å². The van der Waals surface area contributed by atoms with Crippen LogP contribution in [0.15, 0.2) is 18.2 Å². The van der Waals surface area contributed by atoms with Gasteiger partial charge in [0.25, 0.3) is 0 Å². The Kier molecular flexibility index (Phi) is 6.07. The molecule has 0 saturated carbocycles. The molecule has 0 aromatic heterocycles. The first-order valence-electron chi connectivity index (χ1n) is 7.75. The molecule has 0 saturated heterocycles. The predicted octanol–water partition coefficient (Wildman–Crippen LogP) is 4.37. The minimum Gasteiger partial charge on any atom is -0.375 e. The van der Waals surface area contributed by atoms with Gasteiger partial charge in [0.05, 0.1) is 0 Å². The SMILES string of the molecule is Cc1cc(N(C)CCC(C)C)ccc1CNC(C)(C)C. The van der Waals surface area contributed by atoms with Crippen LogP contribution in [0.1, 0.15) is 52.2 Å². The van der Waals surface area contributed by atoms with Gasteiger partial charge in [-0.25, -0.2) is 0 Å². The van der Waals surface area contributed by atoms with E-state index in [1.165, 1.54) is 23.2 Å². The number of nitrogens with one attached hydrogen (secondary N) is 1. The average Bonchev–Trinajstić information content (AvgIpc) is 2.33. The van der Waals surface area contributed by atoms with Gasteiger partial charge >= 0.3 is 0 Å². The van der Waals surface area contributed by atoms with Crippen molar-refractivity contribution in [2.24, 2.45) is 5.92 Å². The van der Waals surface area contributed by atoms with Crippen LogP contribution in [0.25, 0.3) is 0 Å². The molecule has 1 aromatic rings. The summed E-state index contributed by atoms with van der Waals surface area (Å²) in [6, 6.07) is 6.81. The summed E-state index contributed by atoms with van der Waals surface area (Å²) in [7, 11) is 2.18. The third kappa shape index (κ3) is 5.96.